The number of carbonyl (C=O) groups is 1. The quantitative estimate of drug-likeness (QED) is 0.585. The van der Waals surface area contributed by atoms with Gasteiger partial charge in [0.05, 0.1) is 12.8 Å². The number of aromatic nitrogens is 1. The minimum Gasteiger partial charge on any atom is -0.497 e. The molecule has 1 heterocycles. The molecule has 0 aliphatic heterocycles. The summed E-state index contributed by atoms with van der Waals surface area (Å²) in [5.41, 5.74) is 1.47. The van der Waals surface area contributed by atoms with Crippen LogP contribution in [0.15, 0.2) is 53.9 Å². The minimum atomic E-state index is -0.601. The van der Waals surface area contributed by atoms with Crippen LogP contribution in [-0.2, 0) is 16.1 Å². The fraction of sp³-hybridized carbons (Fsp3) is 0.158. The van der Waals surface area contributed by atoms with Gasteiger partial charge in [-0.2, -0.15) is 0 Å². The van der Waals surface area contributed by atoms with Gasteiger partial charge < -0.3 is 19.5 Å². The zero-order valence-electron chi connectivity index (χ0n) is 14.5. The highest BCUT2D eigenvalue weighted by Crippen LogP contribution is 2.23. The van der Waals surface area contributed by atoms with Crippen LogP contribution in [0.4, 0.5) is 15.2 Å². The van der Waals surface area contributed by atoms with E-state index in [2.05, 4.69) is 10.3 Å². The Hall–Kier alpha value is -3.13. The van der Waals surface area contributed by atoms with E-state index in [1.54, 1.807) is 24.6 Å². The summed E-state index contributed by atoms with van der Waals surface area (Å²) in [5, 5.41) is 5.62. The molecule has 140 valence electrons. The summed E-state index contributed by atoms with van der Waals surface area (Å²) in [6.07, 6.45) is 0. The molecule has 27 heavy (non-hydrogen) atoms. The maximum atomic E-state index is 13.4. The molecule has 0 unspecified atom stereocenters. The first-order chi connectivity index (χ1) is 13.1. The number of nitrogens with zero attached hydrogens (tertiary/aromatic N) is 1. The summed E-state index contributed by atoms with van der Waals surface area (Å²) >= 11 is 1.39. The van der Waals surface area contributed by atoms with Gasteiger partial charge in [-0.3, -0.25) is 0 Å². The summed E-state index contributed by atoms with van der Waals surface area (Å²) in [6, 6.07) is 13.3. The topological polar surface area (TPSA) is 69.7 Å². The van der Waals surface area contributed by atoms with E-state index >= 15 is 0 Å². The van der Waals surface area contributed by atoms with Crippen molar-refractivity contribution >= 4 is 28.1 Å². The number of benzene rings is 2. The molecule has 3 rings (SSSR count). The van der Waals surface area contributed by atoms with Gasteiger partial charge in [-0.1, -0.05) is 12.1 Å². The van der Waals surface area contributed by atoms with Crippen molar-refractivity contribution in [3.05, 3.63) is 65.4 Å². The molecule has 0 aliphatic carbocycles. The number of carbonyl (C=O) groups excluding carboxylic acids is 1. The zero-order chi connectivity index (χ0) is 19.1. The molecule has 0 fully saturated rings. The number of esters is 1. The SMILES string of the molecule is COc1ccc(Nc2nc(COC(=O)COc3ccccc3F)cs2)cc1. The molecular weight excluding hydrogens is 371 g/mol. The van der Waals surface area contributed by atoms with Crippen LogP contribution in [-0.4, -0.2) is 24.7 Å². The van der Waals surface area contributed by atoms with Crippen LogP contribution < -0.4 is 14.8 Å². The molecular formula is C19H17FN2O4S. The zero-order valence-corrected chi connectivity index (χ0v) is 15.3. The number of hydrogen-bond donors (Lipinski definition) is 1. The van der Waals surface area contributed by atoms with Crippen molar-refractivity contribution in [2.75, 3.05) is 19.0 Å². The van der Waals surface area contributed by atoms with E-state index in [-0.39, 0.29) is 19.0 Å². The largest absolute Gasteiger partial charge is 0.497 e. The lowest BCUT2D eigenvalue weighted by molar-refractivity contribution is -0.147. The first-order valence-corrected chi connectivity index (χ1v) is 8.90. The first-order valence-electron chi connectivity index (χ1n) is 8.02. The van der Waals surface area contributed by atoms with Gasteiger partial charge in [0.25, 0.3) is 0 Å². The number of hydrogen-bond acceptors (Lipinski definition) is 7. The molecule has 2 aromatic carbocycles. The van der Waals surface area contributed by atoms with Crippen LogP contribution in [0.3, 0.4) is 0 Å². The van der Waals surface area contributed by atoms with Crippen molar-refractivity contribution in [2.24, 2.45) is 0 Å². The Kier molecular flexibility index (Phi) is 6.22. The van der Waals surface area contributed by atoms with Crippen molar-refractivity contribution in [1.29, 1.82) is 0 Å². The van der Waals surface area contributed by atoms with Crippen molar-refractivity contribution in [3.8, 4) is 11.5 Å². The van der Waals surface area contributed by atoms with E-state index in [1.165, 1.54) is 23.5 Å². The smallest absolute Gasteiger partial charge is 0.344 e. The number of para-hydroxylation sites is 1. The second kappa shape index (κ2) is 9.00. The second-order valence-corrected chi connectivity index (χ2v) is 6.24. The van der Waals surface area contributed by atoms with Crippen LogP contribution in [0.25, 0.3) is 0 Å². The summed E-state index contributed by atoms with van der Waals surface area (Å²) in [7, 11) is 1.61. The van der Waals surface area contributed by atoms with Crippen LogP contribution in [0.5, 0.6) is 11.5 Å². The average molecular weight is 388 g/mol. The molecule has 0 saturated carbocycles. The summed E-state index contributed by atoms with van der Waals surface area (Å²) in [4.78, 5) is 16.1. The molecule has 0 saturated heterocycles. The molecule has 3 aromatic rings. The highest BCUT2D eigenvalue weighted by atomic mass is 32.1. The molecule has 0 bridgehead atoms. The molecule has 1 N–H and O–H groups in total. The predicted molar refractivity (Wildman–Crippen MR) is 100 cm³/mol. The highest BCUT2D eigenvalue weighted by Gasteiger charge is 2.09. The molecule has 6 nitrogen and oxygen atoms in total. The number of halogens is 1. The minimum absolute atomic E-state index is 0.00841. The van der Waals surface area contributed by atoms with Crippen molar-refractivity contribution in [2.45, 2.75) is 6.61 Å². The normalized spacial score (nSPS) is 10.3. The van der Waals surface area contributed by atoms with Gasteiger partial charge in [-0.15, -0.1) is 11.3 Å². The molecule has 1 aromatic heterocycles. The molecule has 0 spiro atoms. The molecule has 0 atom stereocenters. The fourth-order valence-electron chi connectivity index (χ4n) is 2.12. The van der Waals surface area contributed by atoms with Crippen molar-refractivity contribution in [3.63, 3.8) is 0 Å². The Balaban J connectivity index is 1.46. The molecule has 0 radical (unpaired) electrons. The van der Waals surface area contributed by atoms with E-state index in [0.29, 0.717) is 10.8 Å². The van der Waals surface area contributed by atoms with Gasteiger partial charge in [0.1, 0.15) is 12.4 Å². The lowest BCUT2D eigenvalue weighted by Crippen LogP contribution is -2.15. The van der Waals surface area contributed by atoms with Gasteiger partial charge in [-0.25, -0.2) is 14.2 Å². The van der Waals surface area contributed by atoms with Crippen molar-refractivity contribution < 1.29 is 23.4 Å². The Morgan fingerprint density at radius 1 is 1.19 bits per heavy atom. The summed E-state index contributed by atoms with van der Waals surface area (Å²) < 4.78 is 28.7. The third kappa shape index (κ3) is 5.42. The summed E-state index contributed by atoms with van der Waals surface area (Å²) in [6.45, 7) is -0.359. The van der Waals surface area contributed by atoms with Crippen molar-refractivity contribution in [1.82, 2.24) is 4.98 Å². The first kappa shape index (κ1) is 18.7. The van der Waals surface area contributed by atoms with Crippen LogP contribution in [0, 0.1) is 5.82 Å². The highest BCUT2D eigenvalue weighted by molar-refractivity contribution is 7.13. The van der Waals surface area contributed by atoms with Gasteiger partial charge in [-0.05, 0) is 36.4 Å². The Morgan fingerprint density at radius 2 is 1.96 bits per heavy atom. The third-order valence-corrected chi connectivity index (χ3v) is 4.26. The number of thiazole rings is 1. The summed E-state index contributed by atoms with van der Waals surface area (Å²) in [5.74, 6) is -0.353. The van der Waals surface area contributed by atoms with E-state index in [0.717, 1.165) is 11.4 Å². The van der Waals surface area contributed by atoms with Crippen LogP contribution in [0.1, 0.15) is 5.69 Å². The van der Waals surface area contributed by atoms with E-state index < -0.39 is 11.8 Å². The molecule has 0 amide bonds. The third-order valence-electron chi connectivity index (χ3n) is 3.46. The van der Waals surface area contributed by atoms with Gasteiger partial charge in [0.15, 0.2) is 23.3 Å². The number of anilines is 2. The van der Waals surface area contributed by atoms with Gasteiger partial charge in [0, 0.05) is 11.1 Å². The second-order valence-electron chi connectivity index (χ2n) is 5.38. The fourth-order valence-corrected chi connectivity index (χ4v) is 2.84. The number of nitrogens with one attached hydrogen (secondary N) is 1. The lowest BCUT2D eigenvalue weighted by atomic mass is 10.3. The monoisotopic (exact) mass is 388 g/mol. The van der Waals surface area contributed by atoms with E-state index in [4.69, 9.17) is 14.2 Å². The maximum Gasteiger partial charge on any atom is 0.344 e. The lowest BCUT2D eigenvalue weighted by Gasteiger charge is -2.06. The number of methoxy groups -OCH3 is 1. The Morgan fingerprint density at radius 3 is 2.70 bits per heavy atom. The predicted octanol–water partition coefficient (Wildman–Crippen LogP) is 4.16. The average Bonchev–Trinajstić information content (AvgIpc) is 3.13. The van der Waals surface area contributed by atoms with Gasteiger partial charge in [0.2, 0.25) is 0 Å². The maximum absolute atomic E-state index is 13.4. The number of rotatable bonds is 8. The van der Waals surface area contributed by atoms with Crippen LogP contribution >= 0.6 is 11.3 Å². The van der Waals surface area contributed by atoms with E-state index in [9.17, 15) is 9.18 Å². The Labute approximate surface area is 159 Å². The van der Waals surface area contributed by atoms with E-state index in [1.807, 2.05) is 24.3 Å². The van der Waals surface area contributed by atoms with Gasteiger partial charge >= 0.3 is 5.97 Å². The Bertz CT molecular complexity index is 899. The molecule has 8 heteroatoms. The molecule has 0 aliphatic rings. The number of ether oxygens (including phenoxy) is 3. The standard InChI is InChI=1S/C19H17FN2O4S/c1-24-15-8-6-13(7-9-15)21-19-22-14(12-27-19)10-26-18(23)11-25-17-5-3-2-4-16(17)20/h2-9,12H,10-11H2,1H3,(H,21,22). The van der Waals surface area contributed by atoms with Crippen LogP contribution in [0.2, 0.25) is 0 Å².